The minimum Gasteiger partial charge on any atom is -0.481 e. The zero-order valence-corrected chi connectivity index (χ0v) is 14.4. The van der Waals surface area contributed by atoms with Crippen LogP contribution in [0, 0.1) is 5.92 Å². The highest BCUT2D eigenvalue weighted by atomic mass is 19.3. The average Bonchev–Trinajstić information content (AvgIpc) is 2.96. The van der Waals surface area contributed by atoms with Crippen molar-refractivity contribution in [3.8, 4) is 0 Å². The highest BCUT2D eigenvalue weighted by Crippen LogP contribution is 2.39. The summed E-state index contributed by atoms with van der Waals surface area (Å²) in [5, 5.41) is 13.2. The van der Waals surface area contributed by atoms with Gasteiger partial charge in [0.05, 0.1) is 0 Å². The van der Waals surface area contributed by atoms with Crippen LogP contribution in [0.1, 0.15) is 63.5 Å². The van der Waals surface area contributed by atoms with Gasteiger partial charge in [0.2, 0.25) is 5.92 Å². The van der Waals surface area contributed by atoms with Crippen molar-refractivity contribution in [2.24, 2.45) is 5.92 Å². The van der Waals surface area contributed by atoms with E-state index in [0.717, 1.165) is 38.5 Å². The summed E-state index contributed by atoms with van der Waals surface area (Å²) in [5.41, 5.74) is -0.199. The van der Waals surface area contributed by atoms with E-state index < -0.39 is 11.9 Å². The highest BCUT2D eigenvalue weighted by Gasteiger charge is 2.36. The van der Waals surface area contributed by atoms with E-state index in [0.29, 0.717) is 24.8 Å². The van der Waals surface area contributed by atoms with E-state index in [4.69, 9.17) is 14.4 Å². The van der Waals surface area contributed by atoms with E-state index in [-0.39, 0.29) is 24.3 Å². The molecule has 0 unspecified atom stereocenters. The molecular weight excluding hydrogens is 334 g/mol. The molecule has 2 aliphatic rings. The van der Waals surface area contributed by atoms with Gasteiger partial charge in [-0.3, -0.25) is 9.59 Å². The van der Waals surface area contributed by atoms with Crippen molar-refractivity contribution in [1.29, 1.82) is 0 Å². The van der Waals surface area contributed by atoms with Crippen molar-refractivity contribution in [3.63, 3.8) is 0 Å². The largest absolute Gasteiger partial charge is 0.481 e. The predicted octanol–water partition coefficient (Wildman–Crippen LogP) is 3.11. The summed E-state index contributed by atoms with van der Waals surface area (Å²) in [7, 11) is 0. The number of H-pyrrole nitrogens is 1. The van der Waals surface area contributed by atoms with Crippen LogP contribution in [0.5, 0.6) is 0 Å². The summed E-state index contributed by atoms with van der Waals surface area (Å²) in [4.78, 5) is 20.2. The molecule has 2 fully saturated rings. The lowest BCUT2D eigenvalue weighted by Gasteiger charge is -2.34. The molecule has 142 valence electrons. The zero-order valence-electron chi connectivity index (χ0n) is 14.4. The van der Waals surface area contributed by atoms with Crippen molar-refractivity contribution in [2.75, 3.05) is 6.54 Å². The van der Waals surface area contributed by atoms with Gasteiger partial charge in [0.1, 0.15) is 5.76 Å². The molecule has 3 N–H and O–H groups in total. The van der Waals surface area contributed by atoms with Gasteiger partial charge in [-0.15, -0.1) is 0 Å². The van der Waals surface area contributed by atoms with Gasteiger partial charge < -0.3 is 14.9 Å². The Hall–Kier alpha value is -1.70. The Morgan fingerprint density at radius 3 is 2.56 bits per heavy atom. The molecule has 6 nitrogen and oxygen atoms in total. The number of carbonyl (C=O) groups is 1. The van der Waals surface area contributed by atoms with E-state index >= 15 is 0 Å². The van der Waals surface area contributed by atoms with Crippen LogP contribution in [0.25, 0.3) is 0 Å². The molecule has 0 bridgehead atoms. The van der Waals surface area contributed by atoms with Crippen molar-refractivity contribution in [3.05, 3.63) is 22.2 Å². The Kier molecular flexibility index (Phi) is 6.75. The number of carboxylic acid groups (broad SMARTS) is 1. The van der Waals surface area contributed by atoms with E-state index in [1.54, 1.807) is 0 Å². The quantitative estimate of drug-likeness (QED) is 0.770. The Morgan fingerprint density at radius 2 is 2.00 bits per heavy atom. The molecule has 2 heterocycles. The fraction of sp³-hybridized carbons (Fsp3) is 0.765. The Morgan fingerprint density at radius 1 is 1.36 bits per heavy atom. The minimum atomic E-state index is -2.45. The summed E-state index contributed by atoms with van der Waals surface area (Å²) in [6.45, 7) is 1.97. The Labute approximate surface area is 144 Å². The lowest BCUT2D eigenvalue weighted by molar-refractivity contribution is -0.134. The normalized spacial score (nSPS) is 26.5. The molecule has 1 aromatic heterocycles. The number of halogens is 2. The second-order valence-electron chi connectivity index (χ2n) is 7.04. The fourth-order valence-electron chi connectivity index (χ4n) is 3.68. The van der Waals surface area contributed by atoms with Crippen molar-refractivity contribution < 1.29 is 23.2 Å². The first kappa shape index (κ1) is 19.6. The van der Waals surface area contributed by atoms with Gasteiger partial charge in [-0.1, -0.05) is 0 Å². The SMILES string of the molecule is CC(=O)O.O=c1cc([C@H]2CCN[C@@H](CC3CCC(F)(F)CC3)C2)o[nH]1. The van der Waals surface area contributed by atoms with Crippen LogP contribution in [-0.4, -0.2) is 34.7 Å². The molecular formula is C17H26F2N2O4. The maximum Gasteiger partial charge on any atom is 0.300 e. The average molecular weight is 360 g/mol. The van der Waals surface area contributed by atoms with Crippen LogP contribution in [0.3, 0.4) is 0 Å². The highest BCUT2D eigenvalue weighted by molar-refractivity contribution is 5.62. The molecule has 0 aromatic carbocycles. The van der Waals surface area contributed by atoms with E-state index in [2.05, 4.69) is 10.5 Å². The number of alkyl halides is 2. The third kappa shape index (κ3) is 6.61. The number of carboxylic acids is 1. The van der Waals surface area contributed by atoms with Crippen LogP contribution in [-0.2, 0) is 4.79 Å². The maximum atomic E-state index is 13.2. The van der Waals surface area contributed by atoms with Gasteiger partial charge in [0.15, 0.2) is 0 Å². The number of piperidine rings is 1. The molecule has 1 saturated carbocycles. The summed E-state index contributed by atoms with van der Waals surface area (Å²) in [6.07, 6.45) is 4.10. The monoisotopic (exact) mass is 360 g/mol. The van der Waals surface area contributed by atoms with Gasteiger partial charge >= 0.3 is 0 Å². The Balaban J connectivity index is 0.000000511. The van der Waals surface area contributed by atoms with Crippen molar-refractivity contribution >= 4 is 5.97 Å². The van der Waals surface area contributed by atoms with E-state index in [1.807, 2.05) is 0 Å². The first-order valence-corrected chi connectivity index (χ1v) is 8.74. The summed E-state index contributed by atoms with van der Waals surface area (Å²) < 4.78 is 31.6. The summed E-state index contributed by atoms with van der Waals surface area (Å²) >= 11 is 0. The molecule has 25 heavy (non-hydrogen) atoms. The number of rotatable bonds is 3. The molecule has 1 aliphatic carbocycles. The molecule has 2 atom stereocenters. The standard InChI is InChI=1S/C15H22F2N2O2.C2H4O2/c16-15(17)4-1-10(2-5-15)7-12-8-11(3-6-18-12)13-9-14(20)19-21-13;1-2(3)4/h9-12,18H,1-8H2,(H,19,20);1H3,(H,3,4)/t11-,12-;/m0./s1. The number of aliphatic carboxylic acids is 1. The lowest BCUT2D eigenvalue weighted by Crippen LogP contribution is -2.39. The van der Waals surface area contributed by atoms with Gasteiger partial charge in [-0.05, 0) is 44.6 Å². The van der Waals surface area contributed by atoms with E-state index in [9.17, 15) is 13.6 Å². The minimum absolute atomic E-state index is 0.0283. The predicted molar refractivity (Wildman–Crippen MR) is 87.9 cm³/mol. The number of nitrogens with one attached hydrogen (secondary N) is 2. The van der Waals surface area contributed by atoms with Crippen LogP contribution >= 0.6 is 0 Å². The molecule has 1 saturated heterocycles. The molecule has 1 aliphatic heterocycles. The number of aromatic amines is 1. The number of hydrogen-bond donors (Lipinski definition) is 3. The smallest absolute Gasteiger partial charge is 0.300 e. The van der Waals surface area contributed by atoms with E-state index in [1.165, 1.54) is 6.07 Å². The van der Waals surface area contributed by atoms with Gasteiger partial charge in [0, 0.05) is 37.8 Å². The third-order valence-electron chi connectivity index (χ3n) is 4.89. The molecule has 1 aromatic rings. The lowest BCUT2D eigenvalue weighted by atomic mass is 9.79. The van der Waals surface area contributed by atoms with Crippen LogP contribution < -0.4 is 10.9 Å². The van der Waals surface area contributed by atoms with Crippen molar-refractivity contribution in [1.82, 2.24) is 10.5 Å². The topological polar surface area (TPSA) is 95.3 Å². The zero-order chi connectivity index (χ0) is 18.4. The number of hydrogen-bond acceptors (Lipinski definition) is 4. The molecule has 0 amide bonds. The second-order valence-corrected chi connectivity index (χ2v) is 7.04. The van der Waals surface area contributed by atoms with Crippen LogP contribution in [0.15, 0.2) is 15.4 Å². The molecule has 3 rings (SSSR count). The first-order chi connectivity index (χ1) is 11.7. The van der Waals surface area contributed by atoms with Crippen LogP contribution in [0.2, 0.25) is 0 Å². The third-order valence-corrected chi connectivity index (χ3v) is 4.89. The van der Waals surface area contributed by atoms with Gasteiger partial charge in [-0.2, -0.15) is 5.16 Å². The molecule has 0 spiro atoms. The van der Waals surface area contributed by atoms with Crippen molar-refractivity contribution in [2.45, 2.75) is 69.8 Å². The molecule has 0 radical (unpaired) electrons. The van der Waals surface area contributed by atoms with Gasteiger partial charge in [0.25, 0.3) is 11.5 Å². The summed E-state index contributed by atoms with van der Waals surface area (Å²) in [5.74, 6) is -1.92. The Bertz CT molecular complexity index is 600. The fourth-order valence-corrected chi connectivity index (χ4v) is 3.68. The second kappa shape index (κ2) is 8.60. The van der Waals surface area contributed by atoms with Crippen LogP contribution in [0.4, 0.5) is 8.78 Å². The van der Waals surface area contributed by atoms with Gasteiger partial charge in [-0.25, -0.2) is 8.78 Å². The maximum absolute atomic E-state index is 13.2. The number of aromatic nitrogens is 1. The first-order valence-electron chi connectivity index (χ1n) is 8.74. The summed E-state index contributed by atoms with van der Waals surface area (Å²) in [6, 6.07) is 1.86. The molecule has 8 heteroatoms.